The third-order valence-corrected chi connectivity index (χ3v) is 15.0. The van der Waals surface area contributed by atoms with Crippen molar-refractivity contribution in [2.45, 2.75) is 101 Å². The molecule has 0 spiro atoms. The molecule has 4 N–H and O–H groups in total. The zero-order valence-electron chi connectivity index (χ0n) is 38.9. The second-order valence-corrected chi connectivity index (χ2v) is 19.7. The first-order chi connectivity index (χ1) is 32.9. The number of hydrogen-bond acceptors (Lipinski definition) is 15. The molecule has 15 nitrogen and oxygen atoms in total. The maximum absolute atomic E-state index is 15.4. The van der Waals surface area contributed by atoms with E-state index in [0.717, 1.165) is 0 Å². The van der Waals surface area contributed by atoms with E-state index in [9.17, 15) is 29.7 Å². The Hall–Kier alpha value is -5.88. The SMILES string of the molecule is CSCOC1CC2OCC2(O)C2C(OC(=O)c3ccccc3)C3(O)CC(OC(=O)C(OC(=O)OCc4ccccc4)C(NC(=O)c4ccccc4)c4ccccc4)C(C)=C(C(O)C(=O)[C@]12C)C3(C)C. The Balaban J connectivity index is 1.24. The highest BCUT2D eigenvalue weighted by atomic mass is 32.2. The van der Waals surface area contributed by atoms with E-state index in [1.165, 1.54) is 23.9 Å². The van der Waals surface area contributed by atoms with Crippen LogP contribution in [0.4, 0.5) is 4.79 Å². The summed E-state index contributed by atoms with van der Waals surface area (Å²) in [6, 6.07) is 31.9. The lowest BCUT2D eigenvalue weighted by Gasteiger charge is -2.67. The minimum absolute atomic E-state index is 0.0150. The summed E-state index contributed by atoms with van der Waals surface area (Å²) in [5, 5.41) is 41.9. The molecular weight excluding hydrogens is 907 g/mol. The number of ketones is 1. The predicted octanol–water partition coefficient (Wildman–Crippen LogP) is 6.30. The largest absolute Gasteiger partial charge is 0.509 e. The first-order valence-electron chi connectivity index (χ1n) is 22.8. The Morgan fingerprint density at radius 1 is 0.841 bits per heavy atom. The average Bonchev–Trinajstić information content (AvgIpc) is 3.35. The molecule has 8 rings (SSSR count). The van der Waals surface area contributed by atoms with E-state index in [4.69, 9.17) is 28.4 Å². The van der Waals surface area contributed by atoms with Gasteiger partial charge in [0.05, 0.1) is 35.7 Å². The van der Waals surface area contributed by atoms with Crippen molar-refractivity contribution in [3.63, 3.8) is 0 Å². The van der Waals surface area contributed by atoms with Gasteiger partial charge >= 0.3 is 18.1 Å². The molecule has 4 aromatic carbocycles. The summed E-state index contributed by atoms with van der Waals surface area (Å²) in [7, 11) is 0. The molecule has 3 fully saturated rings. The highest BCUT2D eigenvalue weighted by Gasteiger charge is 2.76. The van der Waals surface area contributed by atoms with Crippen LogP contribution in [0.5, 0.6) is 0 Å². The number of nitrogens with one attached hydrogen (secondary N) is 1. The van der Waals surface area contributed by atoms with Crippen LogP contribution < -0.4 is 5.32 Å². The molecule has 1 heterocycles. The van der Waals surface area contributed by atoms with E-state index < -0.39 is 107 Å². The number of aliphatic hydroxyl groups is 3. The third kappa shape index (κ3) is 9.10. The fraction of sp³-hybridized carbons (Fsp3) is 0.415. The van der Waals surface area contributed by atoms with Gasteiger partial charge < -0.3 is 49.1 Å². The normalized spacial score (nSPS) is 29.8. The molecule has 3 aliphatic carbocycles. The maximum atomic E-state index is 15.4. The fourth-order valence-corrected chi connectivity index (χ4v) is 11.2. The summed E-state index contributed by atoms with van der Waals surface area (Å²) in [5.41, 5.74) is -6.16. The quantitative estimate of drug-likeness (QED) is 0.0473. The lowest BCUT2D eigenvalue weighted by atomic mass is 9.44. The molecule has 2 bridgehead atoms. The minimum Gasteiger partial charge on any atom is -0.455 e. The molecule has 1 aliphatic heterocycles. The number of benzene rings is 4. The topological polar surface area (TPSA) is 213 Å². The van der Waals surface area contributed by atoms with Crippen LogP contribution in [-0.4, -0.2) is 112 Å². The van der Waals surface area contributed by atoms with Crippen molar-refractivity contribution in [2.75, 3.05) is 18.8 Å². The number of aliphatic hydroxyl groups excluding tert-OH is 1. The van der Waals surface area contributed by atoms with Gasteiger partial charge in [-0.15, -0.1) is 11.8 Å². The van der Waals surface area contributed by atoms with Crippen molar-refractivity contribution in [3.8, 4) is 0 Å². The van der Waals surface area contributed by atoms with Gasteiger partial charge in [-0.3, -0.25) is 9.59 Å². The molecule has 11 atom stereocenters. The maximum Gasteiger partial charge on any atom is 0.509 e. The molecule has 364 valence electrons. The molecule has 2 saturated carbocycles. The number of ether oxygens (including phenoxy) is 6. The summed E-state index contributed by atoms with van der Waals surface area (Å²) in [5.74, 6) is -4.79. The van der Waals surface area contributed by atoms with Crippen LogP contribution in [0.3, 0.4) is 0 Å². The van der Waals surface area contributed by atoms with Gasteiger partial charge in [-0.25, -0.2) is 14.4 Å². The van der Waals surface area contributed by atoms with Gasteiger partial charge in [0.2, 0.25) is 6.10 Å². The summed E-state index contributed by atoms with van der Waals surface area (Å²) < 4.78 is 36.4. The number of esters is 2. The van der Waals surface area contributed by atoms with Crippen LogP contribution in [0.1, 0.15) is 78.4 Å². The molecule has 1 amide bonds. The smallest absolute Gasteiger partial charge is 0.455 e. The lowest BCUT2D eigenvalue weighted by molar-refractivity contribution is -0.345. The monoisotopic (exact) mass is 963 g/mol. The van der Waals surface area contributed by atoms with Crippen molar-refractivity contribution < 1.29 is 67.7 Å². The number of thioether (sulfide) groups is 1. The zero-order valence-corrected chi connectivity index (χ0v) is 39.8. The first kappa shape index (κ1) is 49.5. The van der Waals surface area contributed by atoms with Crippen molar-refractivity contribution in [2.24, 2.45) is 16.7 Å². The van der Waals surface area contributed by atoms with Crippen LogP contribution in [0.25, 0.3) is 0 Å². The van der Waals surface area contributed by atoms with Gasteiger partial charge in [0.1, 0.15) is 42.2 Å². The van der Waals surface area contributed by atoms with Gasteiger partial charge in [0, 0.05) is 29.7 Å². The van der Waals surface area contributed by atoms with Gasteiger partial charge in [0.15, 0.2) is 5.78 Å². The number of amides is 1. The molecule has 0 radical (unpaired) electrons. The van der Waals surface area contributed by atoms with Crippen LogP contribution in [0.15, 0.2) is 132 Å². The van der Waals surface area contributed by atoms with E-state index in [2.05, 4.69) is 5.32 Å². The zero-order chi connectivity index (χ0) is 49.3. The second-order valence-electron chi connectivity index (χ2n) is 18.9. The highest BCUT2D eigenvalue weighted by Crippen LogP contribution is 2.63. The number of fused-ring (bicyclic) bond motifs is 5. The second kappa shape index (κ2) is 19.9. The number of carbonyl (C=O) groups excluding carboxylic acids is 5. The van der Waals surface area contributed by atoms with Crippen LogP contribution in [0, 0.1) is 16.7 Å². The Morgan fingerprint density at radius 2 is 1.43 bits per heavy atom. The number of rotatable bonds is 14. The molecule has 4 aliphatic rings. The van der Waals surface area contributed by atoms with E-state index in [1.807, 2.05) is 6.26 Å². The summed E-state index contributed by atoms with van der Waals surface area (Å²) in [4.78, 5) is 72.4. The van der Waals surface area contributed by atoms with E-state index in [-0.39, 0.29) is 47.8 Å². The van der Waals surface area contributed by atoms with Crippen molar-refractivity contribution in [1.29, 1.82) is 0 Å². The Bertz CT molecular complexity index is 2560. The Kier molecular flexibility index (Phi) is 14.3. The van der Waals surface area contributed by atoms with E-state index in [1.54, 1.807) is 137 Å². The lowest BCUT2D eigenvalue weighted by Crippen LogP contribution is -2.81. The van der Waals surface area contributed by atoms with Crippen LogP contribution >= 0.6 is 11.8 Å². The standard InChI is InChI=1S/C53H57NO14S/c1-31-36(66-48(59)42(67-49(60)63-28-32-18-10-6-11-19-32)40(33-20-12-7-13-21-33)54-46(57)34-22-14-8-15-23-34)27-53(62)45(68-47(58)35-24-16-9-17-25-35)43-51(4,44(56)41(55)39(31)50(53,2)3)37(65-30-69-5)26-38-52(43,61)29-64-38/h6-25,36-38,40-43,45,55,61-62H,26-30H2,1-5H3,(H,54,57)/t36?,37?,38?,40?,41?,42?,43?,45?,51-,52?,53?/m1/s1. The van der Waals surface area contributed by atoms with Crippen molar-refractivity contribution in [3.05, 3.63) is 155 Å². The molecule has 10 unspecified atom stereocenters. The molecular formula is C53H57NO14S. The fourth-order valence-electron chi connectivity index (χ4n) is 10.9. The average molecular weight is 964 g/mol. The van der Waals surface area contributed by atoms with Gasteiger partial charge in [-0.05, 0) is 66.6 Å². The van der Waals surface area contributed by atoms with Gasteiger partial charge in [-0.1, -0.05) is 111 Å². The third-order valence-electron chi connectivity index (χ3n) is 14.7. The Morgan fingerprint density at radius 3 is 2.03 bits per heavy atom. The van der Waals surface area contributed by atoms with Gasteiger partial charge in [0.25, 0.3) is 5.91 Å². The molecule has 1 saturated heterocycles. The predicted molar refractivity (Wildman–Crippen MR) is 251 cm³/mol. The Labute approximate surface area is 404 Å². The van der Waals surface area contributed by atoms with Crippen LogP contribution in [0.2, 0.25) is 0 Å². The minimum atomic E-state index is -2.34. The molecule has 4 aromatic rings. The van der Waals surface area contributed by atoms with Crippen molar-refractivity contribution >= 4 is 41.5 Å². The van der Waals surface area contributed by atoms with Crippen LogP contribution in [-0.2, 0) is 44.6 Å². The number of Topliss-reactive ketones (excluding diaryl/α,β-unsaturated/α-hetero) is 1. The van der Waals surface area contributed by atoms with E-state index in [0.29, 0.717) is 11.1 Å². The number of hydrogen-bond donors (Lipinski definition) is 4. The summed E-state index contributed by atoms with van der Waals surface area (Å²) >= 11 is 1.35. The van der Waals surface area contributed by atoms with E-state index >= 15 is 9.59 Å². The number of carbonyl (C=O) groups is 5. The summed E-state index contributed by atoms with van der Waals surface area (Å²) in [6.45, 7) is 5.78. The first-order valence-corrected chi connectivity index (χ1v) is 24.2. The highest BCUT2D eigenvalue weighted by molar-refractivity contribution is 7.98. The summed E-state index contributed by atoms with van der Waals surface area (Å²) in [6.07, 6.45) is -8.97. The van der Waals surface area contributed by atoms with Gasteiger partial charge in [-0.2, -0.15) is 0 Å². The molecule has 16 heteroatoms. The van der Waals surface area contributed by atoms with Crippen molar-refractivity contribution in [1.82, 2.24) is 5.32 Å². The molecule has 0 aromatic heterocycles. The molecule has 69 heavy (non-hydrogen) atoms.